The van der Waals surface area contributed by atoms with Gasteiger partial charge in [-0.2, -0.15) is 0 Å². The molecule has 0 amide bonds. The van der Waals surface area contributed by atoms with Gasteiger partial charge in [0.25, 0.3) is 0 Å². The van der Waals surface area contributed by atoms with E-state index in [0.29, 0.717) is 6.10 Å². The third-order valence-electron chi connectivity index (χ3n) is 3.04. The highest BCUT2D eigenvalue weighted by Gasteiger charge is 2.22. The van der Waals surface area contributed by atoms with Crippen molar-refractivity contribution in [3.8, 4) is 0 Å². The summed E-state index contributed by atoms with van der Waals surface area (Å²) in [6, 6.07) is 0.150. The number of rotatable bonds is 3. The first-order valence-electron chi connectivity index (χ1n) is 5.50. The van der Waals surface area contributed by atoms with E-state index in [0.717, 1.165) is 5.92 Å². The Labute approximate surface area is 81.8 Å². The highest BCUT2D eigenvalue weighted by Crippen LogP contribution is 2.26. The van der Waals surface area contributed by atoms with E-state index in [2.05, 4.69) is 13.8 Å². The normalized spacial score (nSPS) is 34.2. The van der Waals surface area contributed by atoms with Crippen LogP contribution in [0.25, 0.3) is 0 Å². The van der Waals surface area contributed by atoms with Gasteiger partial charge in [0.15, 0.2) is 0 Å². The third kappa shape index (κ3) is 3.65. The van der Waals surface area contributed by atoms with Crippen molar-refractivity contribution in [3.63, 3.8) is 0 Å². The molecule has 0 aromatic heterocycles. The summed E-state index contributed by atoms with van der Waals surface area (Å²) < 4.78 is 5.90. The van der Waals surface area contributed by atoms with Gasteiger partial charge in [-0.1, -0.05) is 19.8 Å². The van der Waals surface area contributed by atoms with Crippen molar-refractivity contribution in [1.82, 2.24) is 0 Å². The molecule has 0 radical (unpaired) electrons. The topological polar surface area (TPSA) is 35.2 Å². The first-order valence-corrected chi connectivity index (χ1v) is 5.50. The molecule has 0 saturated heterocycles. The highest BCUT2D eigenvalue weighted by molar-refractivity contribution is 4.73. The molecule has 1 aliphatic rings. The molecule has 2 nitrogen and oxygen atoms in total. The summed E-state index contributed by atoms with van der Waals surface area (Å²) in [5.41, 5.74) is 5.76. The SMILES string of the molecule is CC1CCCC(OC(C)[C@H](C)N)C1. The molecule has 0 heterocycles. The zero-order valence-corrected chi connectivity index (χ0v) is 9.12. The molecule has 2 N–H and O–H groups in total. The molecule has 0 aromatic rings. The molecule has 2 heteroatoms. The molecule has 3 unspecified atom stereocenters. The average Bonchev–Trinajstić information content (AvgIpc) is 2.04. The Balaban J connectivity index is 2.27. The van der Waals surface area contributed by atoms with E-state index in [1.54, 1.807) is 0 Å². The van der Waals surface area contributed by atoms with E-state index < -0.39 is 0 Å². The van der Waals surface area contributed by atoms with Gasteiger partial charge in [-0.25, -0.2) is 0 Å². The lowest BCUT2D eigenvalue weighted by Gasteiger charge is -2.30. The number of ether oxygens (including phenoxy) is 1. The summed E-state index contributed by atoms with van der Waals surface area (Å²) in [5, 5.41) is 0. The molecule has 78 valence electrons. The van der Waals surface area contributed by atoms with E-state index in [4.69, 9.17) is 10.5 Å². The average molecular weight is 185 g/mol. The van der Waals surface area contributed by atoms with Crippen molar-refractivity contribution in [2.45, 2.75) is 64.7 Å². The predicted octanol–water partition coefficient (Wildman–Crippen LogP) is 2.32. The van der Waals surface area contributed by atoms with Gasteiger partial charge in [0.1, 0.15) is 0 Å². The molecule has 1 saturated carbocycles. The van der Waals surface area contributed by atoms with Crippen LogP contribution in [0.1, 0.15) is 46.5 Å². The number of hydrogen-bond donors (Lipinski definition) is 1. The Bertz CT molecular complexity index is 147. The molecule has 0 aromatic carbocycles. The molecule has 4 atom stereocenters. The Hall–Kier alpha value is -0.0800. The van der Waals surface area contributed by atoms with Gasteiger partial charge in [0, 0.05) is 6.04 Å². The lowest BCUT2D eigenvalue weighted by atomic mass is 9.88. The quantitative estimate of drug-likeness (QED) is 0.732. The minimum atomic E-state index is 0.150. The number of nitrogens with two attached hydrogens (primary N) is 1. The lowest BCUT2D eigenvalue weighted by molar-refractivity contribution is -0.0382. The van der Waals surface area contributed by atoms with Crippen LogP contribution in [0.5, 0.6) is 0 Å². The fourth-order valence-corrected chi connectivity index (χ4v) is 1.93. The maximum Gasteiger partial charge on any atom is 0.0698 e. The second-order valence-electron chi connectivity index (χ2n) is 4.59. The Kier molecular flexibility index (Phi) is 4.20. The molecule has 1 rings (SSSR count). The van der Waals surface area contributed by atoms with Crippen molar-refractivity contribution >= 4 is 0 Å². The zero-order chi connectivity index (χ0) is 9.84. The van der Waals surface area contributed by atoms with Crippen LogP contribution in [0.2, 0.25) is 0 Å². The standard InChI is InChI=1S/C11H23NO/c1-8-5-4-6-11(7-8)13-10(3)9(2)12/h8-11H,4-7,12H2,1-3H3/t8?,9-,10?,11?/m0/s1. The smallest absolute Gasteiger partial charge is 0.0698 e. The van der Waals surface area contributed by atoms with E-state index >= 15 is 0 Å². The van der Waals surface area contributed by atoms with Crippen LogP contribution >= 0.6 is 0 Å². The van der Waals surface area contributed by atoms with Crippen molar-refractivity contribution in [2.75, 3.05) is 0 Å². The summed E-state index contributed by atoms with van der Waals surface area (Å²) in [5.74, 6) is 0.832. The van der Waals surface area contributed by atoms with Crippen LogP contribution in [-0.2, 0) is 4.74 Å². The molecular weight excluding hydrogens is 162 g/mol. The molecule has 1 aliphatic carbocycles. The van der Waals surface area contributed by atoms with Crippen LogP contribution < -0.4 is 5.73 Å². The van der Waals surface area contributed by atoms with E-state index in [9.17, 15) is 0 Å². The predicted molar refractivity (Wildman–Crippen MR) is 55.6 cm³/mol. The zero-order valence-electron chi connectivity index (χ0n) is 9.12. The fourth-order valence-electron chi connectivity index (χ4n) is 1.93. The Morgan fingerprint density at radius 1 is 1.31 bits per heavy atom. The van der Waals surface area contributed by atoms with Crippen LogP contribution in [0.3, 0.4) is 0 Å². The van der Waals surface area contributed by atoms with Gasteiger partial charge in [-0.3, -0.25) is 0 Å². The van der Waals surface area contributed by atoms with E-state index in [1.807, 2.05) is 6.92 Å². The van der Waals surface area contributed by atoms with Gasteiger partial charge >= 0.3 is 0 Å². The second kappa shape index (κ2) is 4.97. The van der Waals surface area contributed by atoms with Crippen LogP contribution in [0, 0.1) is 5.92 Å². The number of hydrogen-bond acceptors (Lipinski definition) is 2. The van der Waals surface area contributed by atoms with Gasteiger partial charge in [-0.15, -0.1) is 0 Å². The van der Waals surface area contributed by atoms with Crippen LogP contribution in [0.15, 0.2) is 0 Å². The molecule has 0 spiro atoms. The summed E-state index contributed by atoms with van der Waals surface area (Å²) in [6.45, 7) is 6.40. The summed E-state index contributed by atoms with van der Waals surface area (Å²) >= 11 is 0. The summed E-state index contributed by atoms with van der Waals surface area (Å²) in [4.78, 5) is 0. The fraction of sp³-hybridized carbons (Fsp3) is 1.00. The van der Waals surface area contributed by atoms with E-state index in [-0.39, 0.29) is 12.1 Å². The maximum atomic E-state index is 5.90. The van der Waals surface area contributed by atoms with Crippen molar-refractivity contribution in [1.29, 1.82) is 0 Å². The molecule has 13 heavy (non-hydrogen) atoms. The first-order chi connectivity index (χ1) is 6.09. The second-order valence-corrected chi connectivity index (χ2v) is 4.59. The molecular formula is C11H23NO. The van der Waals surface area contributed by atoms with Crippen molar-refractivity contribution in [2.24, 2.45) is 11.7 Å². The van der Waals surface area contributed by atoms with Gasteiger partial charge < -0.3 is 10.5 Å². The van der Waals surface area contributed by atoms with Crippen LogP contribution in [-0.4, -0.2) is 18.2 Å². The molecule has 0 bridgehead atoms. The van der Waals surface area contributed by atoms with Crippen molar-refractivity contribution < 1.29 is 4.74 Å². The monoisotopic (exact) mass is 185 g/mol. The van der Waals surface area contributed by atoms with Crippen LogP contribution in [0.4, 0.5) is 0 Å². The minimum absolute atomic E-state index is 0.150. The molecule has 0 aliphatic heterocycles. The van der Waals surface area contributed by atoms with E-state index in [1.165, 1.54) is 25.7 Å². The van der Waals surface area contributed by atoms with Gasteiger partial charge in [-0.05, 0) is 32.6 Å². The third-order valence-corrected chi connectivity index (χ3v) is 3.04. The Morgan fingerprint density at radius 2 is 2.00 bits per heavy atom. The largest absolute Gasteiger partial charge is 0.374 e. The highest BCUT2D eigenvalue weighted by atomic mass is 16.5. The minimum Gasteiger partial charge on any atom is -0.374 e. The summed E-state index contributed by atoms with van der Waals surface area (Å²) in [7, 11) is 0. The first kappa shape index (κ1) is 11.0. The maximum absolute atomic E-state index is 5.90. The Morgan fingerprint density at radius 3 is 2.54 bits per heavy atom. The molecule has 1 fully saturated rings. The summed E-state index contributed by atoms with van der Waals surface area (Å²) in [6.07, 6.45) is 5.79. The lowest BCUT2D eigenvalue weighted by Crippen LogP contribution is -2.36. The van der Waals surface area contributed by atoms with Gasteiger partial charge in [0.2, 0.25) is 0 Å². The van der Waals surface area contributed by atoms with Crippen molar-refractivity contribution in [3.05, 3.63) is 0 Å². The van der Waals surface area contributed by atoms with Gasteiger partial charge in [0.05, 0.1) is 12.2 Å².